The highest BCUT2D eigenvalue weighted by atomic mass is 35.5. The average Bonchev–Trinajstić information content (AvgIpc) is 3.26. The Kier molecular flexibility index (Phi) is 3.42. The number of ether oxygens (including phenoxy) is 1. The van der Waals surface area contributed by atoms with E-state index in [0.717, 1.165) is 0 Å². The number of nitrogens with one attached hydrogen (secondary N) is 1. The van der Waals surface area contributed by atoms with E-state index in [0.29, 0.717) is 10.6 Å². The summed E-state index contributed by atoms with van der Waals surface area (Å²) in [5.41, 5.74) is -0.702. The zero-order valence-corrected chi connectivity index (χ0v) is 13.4. The first-order chi connectivity index (χ1) is 10.2. The molecule has 6 heteroatoms. The van der Waals surface area contributed by atoms with Crippen LogP contribution in [0, 0.1) is 17.7 Å². The van der Waals surface area contributed by atoms with Crippen LogP contribution >= 0.6 is 11.6 Å². The molecule has 2 aliphatic rings. The third-order valence-electron chi connectivity index (χ3n) is 4.42. The fourth-order valence-electron chi connectivity index (χ4n) is 3.36. The highest BCUT2D eigenvalue weighted by molar-refractivity contribution is 6.30. The summed E-state index contributed by atoms with van der Waals surface area (Å²) in [7, 11) is 0. The second-order valence-corrected chi connectivity index (χ2v) is 7.50. The summed E-state index contributed by atoms with van der Waals surface area (Å²) in [6.07, 6.45) is -0.964. The minimum Gasteiger partial charge on any atom is -0.444 e. The molecule has 0 heterocycles. The van der Waals surface area contributed by atoms with Crippen molar-refractivity contribution >= 4 is 17.7 Å². The van der Waals surface area contributed by atoms with E-state index in [1.54, 1.807) is 26.8 Å². The number of halogens is 2. The van der Waals surface area contributed by atoms with Gasteiger partial charge in [-0.15, -0.1) is 0 Å². The molecule has 22 heavy (non-hydrogen) atoms. The molecule has 2 N–H and O–H groups in total. The van der Waals surface area contributed by atoms with Gasteiger partial charge in [0.25, 0.3) is 0 Å². The first-order valence-corrected chi connectivity index (χ1v) is 7.65. The highest BCUT2D eigenvalue weighted by Crippen LogP contribution is 2.77. The maximum absolute atomic E-state index is 14.1. The zero-order chi connectivity index (χ0) is 16.3. The van der Waals surface area contributed by atoms with Gasteiger partial charge in [-0.25, -0.2) is 9.18 Å². The maximum Gasteiger partial charge on any atom is 0.407 e. The molecule has 3 rings (SSSR count). The molecule has 0 saturated heterocycles. The normalized spacial score (nSPS) is 32.2. The lowest BCUT2D eigenvalue weighted by molar-refractivity contribution is 0.0509. The number of fused-ring (bicyclic) bond motifs is 1. The van der Waals surface area contributed by atoms with Crippen LogP contribution < -0.4 is 5.32 Å². The molecule has 2 aliphatic carbocycles. The molecular formula is C16H19ClFNO3. The van der Waals surface area contributed by atoms with Crippen molar-refractivity contribution in [3.8, 4) is 0 Å². The predicted molar refractivity (Wildman–Crippen MR) is 80.3 cm³/mol. The van der Waals surface area contributed by atoms with Crippen molar-refractivity contribution < 1.29 is 19.0 Å². The van der Waals surface area contributed by atoms with Crippen LogP contribution in [-0.2, 0) is 10.2 Å². The van der Waals surface area contributed by atoms with Gasteiger partial charge >= 0.3 is 6.09 Å². The van der Waals surface area contributed by atoms with Gasteiger partial charge in [-0.3, -0.25) is 0 Å². The molecule has 2 fully saturated rings. The summed E-state index contributed by atoms with van der Waals surface area (Å²) in [5.74, 6) is -0.402. The van der Waals surface area contributed by atoms with Crippen molar-refractivity contribution in [3.63, 3.8) is 0 Å². The van der Waals surface area contributed by atoms with Gasteiger partial charge in [0.05, 0.1) is 6.10 Å². The molecule has 1 amide bonds. The molecule has 3 unspecified atom stereocenters. The van der Waals surface area contributed by atoms with E-state index < -0.39 is 23.2 Å². The lowest BCUT2D eigenvalue weighted by Crippen LogP contribution is -2.42. The fraction of sp³-hybridized carbons (Fsp3) is 0.562. The molecule has 0 bridgehead atoms. The molecule has 120 valence electrons. The number of amides is 1. The average molecular weight is 328 g/mol. The molecular weight excluding hydrogens is 309 g/mol. The Morgan fingerprint density at radius 1 is 1.45 bits per heavy atom. The Labute approximate surface area is 133 Å². The van der Waals surface area contributed by atoms with Crippen LogP contribution in [0.2, 0.25) is 5.02 Å². The van der Waals surface area contributed by atoms with Gasteiger partial charge in [-0.2, -0.15) is 0 Å². The number of hydrogen-bond acceptors (Lipinski definition) is 3. The second kappa shape index (κ2) is 4.83. The van der Waals surface area contributed by atoms with Gasteiger partial charge in [-0.1, -0.05) is 11.6 Å². The van der Waals surface area contributed by atoms with Crippen molar-refractivity contribution in [2.45, 2.75) is 37.9 Å². The number of benzene rings is 1. The SMILES string of the molecule is CC(C)(C)OC(=O)NCC1(c2cc(Cl)ccc2F)C2C(O)[C@H]21. The van der Waals surface area contributed by atoms with Crippen molar-refractivity contribution in [1.82, 2.24) is 5.32 Å². The Morgan fingerprint density at radius 2 is 2.09 bits per heavy atom. The summed E-state index contributed by atoms with van der Waals surface area (Å²) in [4.78, 5) is 11.8. The molecule has 0 aromatic heterocycles. The van der Waals surface area contributed by atoms with E-state index in [9.17, 15) is 14.3 Å². The van der Waals surface area contributed by atoms with Crippen molar-refractivity contribution in [2.24, 2.45) is 11.8 Å². The maximum atomic E-state index is 14.1. The van der Waals surface area contributed by atoms with Crippen LogP contribution in [-0.4, -0.2) is 29.4 Å². The fourth-order valence-corrected chi connectivity index (χ4v) is 3.53. The zero-order valence-electron chi connectivity index (χ0n) is 12.7. The standard InChI is InChI=1S/C16H19ClFNO3/c1-15(2,3)22-14(21)19-7-16(11-12(16)13(11)20)9-6-8(17)4-5-10(9)18/h4-6,11-13,20H,7H2,1-3H3,(H,19,21)/t11-,12?,13?,16?/m0/s1. The summed E-state index contributed by atoms with van der Waals surface area (Å²) in [5, 5.41) is 12.8. The van der Waals surface area contributed by atoms with Gasteiger partial charge in [0, 0.05) is 28.8 Å². The lowest BCUT2D eigenvalue weighted by atomic mass is 9.84. The molecule has 1 aromatic carbocycles. The van der Waals surface area contributed by atoms with Crippen molar-refractivity contribution in [3.05, 3.63) is 34.6 Å². The molecule has 0 radical (unpaired) electrons. The number of aliphatic hydroxyl groups excluding tert-OH is 1. The van der Waals surface area contributed by atoms with Crippen LogP contribution in [0.5, 0.6) is 0 Å². The Balaban J connectivity index is 1.75. The number of carbonyl (C=O) groups is 1. The third-order valence-corrected chi connectivity index (χ3v) is 4.65. The summed E-state index contributed by atoms with van der Waals surface area (Å²) < 4.78 is 19.3. The number of carbonyl (C=O) groups excluding carboxylic acids is 1. The first kappa shape index (κ1) is 15.6. The third kappa shape index (κ3) is 2.46. The minimum absolute atomic E-state index is 0.0181. The van der Waals surface area contributed by atoms with Gasteiger partial charge in [0.15, 0.2) is 0 Å². The van der Waals surface area contributed by atoms with Gasteiger partial charge < -0.3 is 15.2 Å². The predicted octanol–water partition coefficient (Wildman–Crippen LogP) is 2.86. The molecule has 2 saturated carbocycles. The van der Waals surface area contributed by atoms with Gasteiger partial charge in [-0.05, 0) is 44.5 Å². The van der Waals surface area contributed by atoms with Gasteiger partial charge in [0.2, 0.25) is 0 Å². The van der Waals surface area contributed by atoms with E-state index in [1.807, 2.05) is 0 Å². The van der Waals surface area contributed by atoms with E-state index in [2.05, 4.69) is 5.32 Å². The summed E-state index contributed by atoms with van der Waals surface area (Å²) in [6, 6.07) is 4.38. The number of rotatable bonds is 3. The van der Waals surface area contributed by atoms with E-state index in [-0.39, 0.29) is 24.2 Å². The topological polar surface area (TPSA) is 58.6 Å². The number of hydrogen-bond donors (Lipinski definition) is 2. The molecule has 1 aromatic rings. The minimum atomic E-state index is -0.593. The monoisotopic (exact) mass is 327 g/mol. The van der Waals surface area contributed by atoms with Crippen molar-refractivity contribution in [2.75, 3.05) is 6.54 Å². The lowest BCUT2D eigenvalue weighted by Gasteiger charge is -2.27. The van der Waals surface area contributed by atoms with Crippen molar-refractivity contribution in [1.29, 1.82) is 0 Å². The molecule has 4 atom stereocenters. The van der Waals surface area contributed by atoms with E-state index >= 15 is 0 Å². The Morgan fingerprint density at radius 3 is 2.64 bits per heavy atom. The van der Waals surface area contributed by atoms with Crippen LogP contribution in [0.4, 0.5) is 9.18 Å². The van der Waals surface area contributed by atoms with E-state index in [4.69, 9.17) is 16.3 Å². The van der Waals surface area contributed by atoms with Crippen LogP contribution in [0.1, 0.15) is 26.3 Å². The first-order valence-electron chi connectivity index (χ1n) is 7.27. The molecule has 4 nitrogen and oxygen atoms in total. The Bertz CT molecular complexity index is 618. The van der Waals surface area contributed by atoms with Crippen LogP contribution in [0.15, 0.2) is 18.2 Å². The van der Waals surface area contributed by atoms with Gasteiger partial charge in [0.1, 0.15) is 11.4 Å². The van der Waals surface area contributed by atoms with Crippen LogP contribution in [0.3, 0.4) is 0 Å². The summed E-state index contributed by atoms with van der Waals surface area (Å²) in [6.45, 7) is 5.55. The molecule has 0 spiro atoms. The van der Waals surface area contributed by atoms with E-state index in [1.165, 1.54) is 12.1 Å². The summed E-state index contributed by atoms with van der Waals surface area (Å²) >= 11 is 5.96. The number of aliphatic hydroxyl groups is 1. The second-order valence-electron chi connectivity index (χ2n) is 7.06. The quantitative estimate of drug-likeness (QED) is 0.897. The Hall–Kier alpha value is -1.33. The smallest absolute Gasteiger partial charge is 0.407 e. The largest absolute Gasteiger partial charge is 0.444 e. The molecule has 0 aliphatic heterocycles. The highest BCUT2D eigenvalue weighted by Gasteiger charge is 2.84. The van der Waals surface area contributed by atoms with Crippen LogP contribution in [0.25, 0.3) is 0 Å². The number of alkyl carbamates (subject to hydrolysis) is 1.